The summed E-state index contributed by atoms with van der Waals surface area (Å²) in [7, 11) is 2.00. The van der Waals surface area contributed by atoms with Crippen LogP contribution < -0.4 is 10.2 Å². The van der Waals surface area contributed by atoms with Gasteiger partial charge in [-0.25, -0.2) is 0 Å². The molecule has 1 unspecified atom stereocenters. The topological polar surface area (TPSA) is 50.6 Å². The van der Waals surface area contributed by atoms with E-state index in [2.05, 4.69) is 24.4 Å². The lowest BCUT2D eigenvalue weighted by Crippen LogP contribution is -3.08. The van der Waals surface area contributed by atoms with E-state index in [1.807, 2.05) is 19.2 Å². The quantitative estimate of drug-likeness (QED) is 0.800. The van der Waals surface area contributed by atoms with E-state index in [0.717, 1.165) is 11.4 Å². The molecule has 23 heavy (non-hydrogen) atoms. The van der Waals surface area contributed by atoms with Gasteiger partial charge < -0.3 is 10.2 Å². The van der Waals surface area contributed by atoms with Gasteiger partial charge in [0.25, 0.3) is 5.91 Å². The minimum atomic E-state index is -0.0355. The average molecular weight is 311 g/mol. The molecule has 0 bridgehead atoms. The van der Waals surface area contributed by atoms with Gasteiger partial charge in [-0.2, -0.15) is 0 Å². The molecular weight excluding hydrogens is 288 g/mol. The maximum absolute atomic E-state index is 12.1. The van der Waals surface area contributed by atoms with E-state index in [0.29, 0.717) is 17.8 Å². The summed E-state index contributed by atoms with van der Waals surface area (Å²) in [6.45, 7) is 4.81. The van der Waals surface area contributed by atoms with Gasteiger partial charge in [0.2, 0.25) is 0 Å². The highest BCUT2D eigenvalue weighted by Crippen LogP contribution is 2.09. The predicted molar refractivity (Wildman–Crippen MR) is 91.7 cm³/mol. The highest BCUT2D eigenvalue weighted by molar-refractivity contribution is 5.95. The molecule has 0 fully saturated rings. The number of likely N-dealkylation sites (N-methyl/N-ethyl adjacent to an activating group) is 1. The number of rotatable bonds is 6. The van der Waals surface area contributed by atoms with E-state index >= 15 is 0 Å². The van der Waals surface area contributed by atoms with Crippen LogP contribution >= 0.6 is 0 Å². The van der Waals surface area contributed by atoms with Crippen molar-refractivity contribution in [3.8, 4) is 0 Å². The number of carbonyl (C=O) groups is 2. The molecule has 0 aliphatic heterocycles. The number of benzene rings is 2. The second kappa shape index (κ2) is 7.70. The molecule has 4 nitrogen and oxygen atoms in total. The van der Waals surface area contributed by atoms with Crippen molar-refractivity contribution < 1.29 is 14.5 Å². The monoisotopic (exact) mass is 311 g/mol. The standard InChI is InChI=1S/C19H22N2O2/c1-14-6-4-5-7-17(14)12-21(3)13-19(23)20-18-10-8-16(9-11-18)15(2)22/h4-11H,12-13H2,1-3H3,(H,20,23)/p+1. The van der Waals surface area contributed by atoms with Crippen LogP contribution in [0.25, 0.3) is 0 Å². The zero-order valence-corrected chi connectivity index (χ0v) is 13.8. The SMILES string of the molecule is CC(=O)c1ccc(NC(=O)C[NH+](C)Cc2ccccc2C)cc1. The van der Waals surface area contributed by atoms with Crippen molar-refractivity contribution in [3.63, 3.8) is 0 Å². The van der Waals surface area contributed by atoms with Crippen molar-refractivity contribution in [2.45, 2.75) is 20.4 Å². The molecular formula is C19H23N2O2+. The lowest BCUT2D eigenvalue weighted by molar-refractivity contribution is -0.885. The van der Waals surface area contributed by atoms with Crippen LogP contribution in [0.4, 0.5) is 5.69 Å². The fourth-order valence-corrected chi connectivity index (χ4v) is 2.46. The highest BCUT2D eigenvalue weighted by atomic mass is 16.2. The Morgan fingerprint density at radius 1 is 1.04 bits per heavy atom. The number of aryl methyl sites for hydroxylation is 1. The van der Waals surface area contributed by atoms with E-state index in [-0.39, 0.29) is 11.7 Å². The van der Waals surface area contributed by atoms with Gasteiger partial charge in [0.05, 0.1) is 7.05 Å². The fourth-order valence-electron chi connectivity index (χ4n) is 2.46. The van der Waals surface area contributed by atoms with Crippen LogP contribution in [0, 0.1) is 6.92 Å². The second-order valence-corrected chi connectivity index (χ2v) is 5.92. The van der Waals surface area contributed by atoms with Crippen LogP contribution in [0.1, 0.15) is 28.4 Å². The van der Waals surface area contributed by atoms with Crippen LogP contribution in [0.15, 0.2) is 48.5 Å². The van der Waals surface area contributed by atoms with Crippen molar-refractivity contribution >= 4 is 17.4 Å². The first-order chi connectivity index (χ1) is 11.0. The Balaban J connectivity index is 1.89. The molecule has 0 spiro atoms. The number of carbonyl (C=O) groups excluding carboxylic acids is 2. The van der Waals surface area contributed by atoms with E-state index in [1.54, 1.807) is 24.3 Å². The fraction of sp³-hybridized carbons (Fsp3) is 0.263. The van der Waals surface area contributed by atoms with E-state index < -0.39 is 0 Å². The molecule has 0 saturated heterocycles. The number of anilines is 1. The largest absolute Gasteiger partial charge is 0.326 e. The number of amides is 1. The van der Waals surface area contributed by atoms with Gasteiger partial charge >= 0.3 is 0 Å². The van der Waals surface area contributed by atoms with E-state index in [1.165, 1.54) is 18.1 Å². The summed E-state index contributed by atoms with van der Waals surface area (Å²) in [6, 6.07) is 15.2. The molecule has 0 aliphatic carbocycles. The molecule has 2 rings (SSSR count). The van der Waals surface area contributed by atoms with E-state index in [4.69, 9.17) is 0 Å². The minimum Gasteiger partial charge on any atom is -0.326 e. The molecule has 0 heterocycles. The first-order valence-corrected chi connectivity index (χ1v) is 7.72. The maximum atomic E-state index is 12.1. The van der Waals surface area contributed by atoms with Crippen molar-refractivity contribution in [3.05, 3.63) is 65.2 Å². The Kier molecular flexibility index (Phi) is 5.66. The van der Waals surface area contributed by atoms with Crippen LogP contribution in [0.3, 0.4) is 0 Å². The number of hydrogen-bond acceptors (Lipinski definition) is 2. The van der Waals surface area contributed by atoms with Gasteiger partial charge in [-0.15, -0.1) is 0 Å². The molecule has 0 radical (unpaired) electrons. The summed E-state index contributed by atoms with van der Waals surface area (Å²) in [5, 5.41) is 2.87. The number of hydrogen-bond donors (Lipinski definition) is 2. The summed E-state index contributed by atoms with van der Waals surface area (Å²) in [5.41, 5.74) is 3.85. The highest BCUT2D eigenvalue weighted by Gasteiger charge is 2.12. The Morgan fingerprint density at radius 2 is 1.70 bits per heavy atom. The zero-order valence-electron chi connectivity index (χ0n) is 13.8. The van der Waals surface area contributed by atoms with Gasteiger partial charge in [-0.3, -0.25) is 9.59 Å². The van der Waals surface area contributed by atoms with Gasteiger partial charge in [-0.05, 0) is 43.7 Å². The lowest BCUT2D eigenvalue weighted by atomic mass is 10.1. The number of ketones is 1. The normalized spacial score (nSPS) is 11.8. The number of Topliss-reactive ketones (excluding diaryl/α,β-unsaturated/α-hetero) is 1. The third kappa shape index (κ3) is 5.04. The molecule has 1 amide bonds. The van der Waals surface area contributed by atoms with Crippen LogP contribution in [0.5, 0.6) is 0 Å². The smallest absolute Gasteiger partial charge is 0.279 e. The molecule has 1 atom stereocenters. The first-order valence-electron chi connectivity index (χ1n) is 7.72. The summed E-state index contributed by atoms with van der Waals surface area (Å²) in [6.07, 6.45) is 0. The molecule has 0 saturated carbocycles. The van der Waals surface area contributed by atoms with Gasteiger partial charge in [0.15, 0.2) is 12.3 Å². The summed E-state index contributed by atoms with van der Waals surface area (Å²) >= 11 is 0. The Labute approximate surface area is 137 Å². The molecule has 2 aromatic carbocycles. The summed E-state index contributed by atoms with van der Waals surface area (Å²) < 4.78 is 0. The predicted octanol–water partition coefficient (Wildman–Crippen LogP) is 1.85. The average Bonchev–Trinajstić information content (AvgIpc) is 2.50. The Morgan fingerprint density at radius 3 is 2.30 bits per heavy atom. The molecule has 4 heteroatoms. The van der Waals surface area contributed by atoms with Crippen LogP contribution in [0.2, 0.25) is 0 Å². The first kappa shape index (κ1) is 16.9. The third-order valence-electron chi connectivity index (χ3n) is 3.79. The van der Waals surface area contributed by atoms with E-state index in [9.17, 15) is 9.59 Å². The Bertz CT molecular complexity index is 693. The van der Waals surface area contributed by atoms with Gasteiger partial charge in [-0.1, -0.05) is 24.3 Å². The van der Waals surface area contributed by atoms with Crippen molar-refractivity contribution in [2.24, 2.45) is 0 Å². The molecule has 0 aliphatic rings. The minimum absolute atomic E-state index is 0.0188. The summed E-state index contributed by atoms with van der Waals surface area (Å²) in [4.78, 5) is 24.5. The molecule has 120 valence electrons. The molecule has 0 aromatic heterocycles. The van der Waals surface area contributed by atoms with Crippen molar-refractivity contribution in [2.75, 3.05) is 18.9 Å². The van der Waals surface area contributed by atoms with Gasteiger partial charge in [0.1, 0.15) is 6.54 Å². The number of nitrogens with one attached hydrogen (secondary N) is 2. The summed E-state index contributed by atoms with van der Waals surface area (Å²) in [5.74, 6) is -0.0167. The number of quaternary nitrogens is 1. The van der Waals surface area contributed by atoms with Crippen molar-refractivity contribution in [1.29, 1.82) is 0 Å². The zero-order chi connectivity index (χ0) is 16.8. The van der Waals surface area contributed by atoms with Gasteiger partial charge in [0, 0.05) is 16.8 Å². The van der Waals surface area contributed by atoms with Crippen LogP contribution in [-0.2, 0) is 11.3 Å². The Hall–Kier alpha value is -2.46. The molecule has 2 N–H and O–H groups in total. The van der Waals surface area contributed by atoms with Crippen LogP contribution in [-0.4, -0.2) is 25.3 Å². The molecule has 2 aromatic rings. The lowest BCUT2D eigenvalue weighted by Gasteiger charge is -2.15. The maximum Gasteiger partial charge on any atom is 0.279 e. The second-order valence-electron chi connectivity index (χ2n) is 5.92. The third-order valence-corrected chi connectivity index (χ3v) is 3.79. The van der Waals surface area contributed by atoms with Crippen molar-refractivity contribution in [1.82, 2.24) is 0 Å².